The number of nitrogens with one attached hydrogen (secondary N) is 1. The van der Waals surface area contributed by atoms with Crippen molar-refractivity contribution >= 4 is 6.09 Å². The van der Waals surface area contributed by atoms with E-state index in [2.05, 4.69) is 5.32 Å². The van der Waals surface area contributed by atoms with Crippen molar-refractivity contribution in [1.82, 2.24) is 5.32 Å². The summed E-state index contributed by atoms with van der Waals surface area (Å²) in [6, 6.07) is 8.32. The van der Waals surface area contributed by atoms with Gasteiger partial charge in [0.05, 0.1) is 6.04 Å². The summed E-state index contributed by atoms with van der Waals surface area (Å²) in [6.07, 6.45) is -1.74. The summed E-state index contributed by atoms with van der Waals surface area (Å²) < 4.78 is 5.13. The number of benzene rings is 1. The maximum absolute atomic E-state index is 11.8. The highest BCUT2D eigenvalue weighted by Gasteiger charge is 2.27. The number of hydrogen-bond acceptors (Lipinski definition) is 5. The Kier molecular flexibility index (Phi) is 6.30. The summed E-state index contributed by atoms with van der Waals surface area (Å²) >= 11 is 0. The number of hydrogen-bond donors (Lipinski definition) is 2. The molecule has 0 aliphatic heterocycles. The molecule has 7 nitrogen and oxygen atoms in total. The van der Waals surface area contributed by atoms with Crippen LogP contribution < -0.4 is 5.32 Å². The normalized spacial score (nSPS) is 14.0. The maximum atomic E-state index is 11.8. The SMILES string of the molecule is CC(C)(C)OC(=O)NC(Cc1ccccc1)[C@H](O)C[N+](=O)[O-]. The monoisotopic (exact) mass is 310 g/mol. The Balaban J connectivity index is 2.77. The van der Waals surface area contributed by atoms with Crippen molar-refractivity contribution in [2.24, 2.45) is 0 Å². The highest BCUT2D eigenvalue weighted by Crippen LogP contribution is 2.10. The van der Waals surface area contributed by atoms with Gasteiger partial charge >= 0.3 is 6.09 Å². The van der Waals surface area contributed by atoms with Gasteiger partial charge in [-0.15, -0.1) is 0 Å². The Morgan fingerprint density at radius 1 is 1.36 bits per heavy atom. The van der Waals surface area contributed by atoms with Gasteiger partial charge < -0.3 is 15.2 Å². The molecule has 0 saturated heterocycles. The number of aliphatic hydroxyl groups excluding tert-OH is 1. The van der Waals surface area contributed by atoms with E-state index in [1.54, 1.807) is 20.8 Å². The Bertz CT molecular complexity index is 498. The van der Waals surface area contributed by atoms with Crippen LogP contribution in [0.25, 0.3) is 0 Å². The van der Waals surface area contributed by atoms with Crippen LogP contribution in [0, 0.1) is 10.1 Å². The van der Waals surface area contributed by atoms with Crippen LogP contribution in [0.2, 0.25) is 0 Å². The van der Waals surface area contributed by atoms with Crippen LogP contribution in [-0.4, -0.2) is 40.4 Å². The maximum Gasteiger partial charge on any atom is 0.407 e. The van der Waals surface area contributed by atoms with Gasteiger partial charge in [-0.1, -0.05) is 30.3 Å². The number of nitrogens with zero attached hydrogens (tertiary/aromatic N) is 1. The molecule has 1 aromatic rings. The van der Waals surface area contributed by atoms with Gasteiger partial charge in [-0.25, -0.2) is 4.79 Å². The summed E-state index contributed by atoms with van der Waals surface area (Å²) in [5.74, 6) is 0. The first-order chi connectivity index (χ1) is 10.2. The third kappa shape index (κ3) is 7.03. The predicted octanol–water partition coefficient (Wildman–Crippen LogP) is 1.76. The molecule has 122 valence electrons. The lowest BCUT2D eigenvalue weighted by molar-refractivity contribution is -0.491. The van der Waals surface area contributed by atoms with E-state index in [1.165, 1.54) is 0 Å². The standard InChI is InChI=1S/C15H22N2O5/c1-15(2,3)22-14(19)16-12(13(18)10-17(20)21)9-11-7-5-4-6-8-11/h4-8,12-13,18H,9-10H2,1-3H3,(H,16,19)/t12?,13-/m1/s1. The molecular weight excluding hydrogens is 288 g/mol. The molecule has 0 aliphatic rings. The van der Waals surface area contributed by atoms with Crippen LogP contribution in [0.1, 0.15) is 26.3 Å². The minimum Gasteiger partial charge on any atom is -0.444 e. The molecule has 1 amide bonds. The first-order valence-corrected chi connectivity index (χ1v) is 7.00. The van der Waals surface area contributed by atoms with Crippen molar-refractivity contribution < 1.29 is 19.6 Å². The minimum absolute atomic E-state index is 0.273. The lowest BCUT2D eigenvalue weighted by Gasteiger charge is -2.25. The van der Waals surface area contributed by atoms with Crippen molar-refractivity contribution in [2.45, 2.75) is 44.9 Å². The van der Waals surface area contributed by atoms with Gasteiger partial charge in [0.25, 0.3) is 0 Å². The fourth-order valence-corrected chi connectivity index (χ4v) is 1.89. The molecule has 2 atom stereocenters. The van der Waals surface area contributed by atoms with Crippen molar-refractivity contribution in [3.63, 3.8) is 0 Å². The predicted molar refractivity (Wildman–Crippen MR) is 81.2 cm³/mol. The number of nitro groups is 1. The zero-order valence-electron chi connectivity index (χ0n) is 13.0. The molecule has 7 heteroatoms. The van der Waals surface area contributed by atoms with E-state index in [1.807, 2.05) is 30.3 Å². The topological polar surface area (TPSA) is 102 Å². The second kappa shape index (κ2) is 7.74. The molecule has 22 heavy (non-hydrogen) atoms. The fraction of sp³-hybridized carbons (Fsp3) is 0.533. The van der Waals surface area contributed by atoms with E-state index < -0.39 is 35.3 Å². The Morgan fingerprint density at radius 3 is 2.45 bits per heavy atom. The highest BCUT2D eigenvalue weighted by atomic mass is 16.6. The average molecular weight is 310 g/mol. The van der Waals surface area contributed by atoms with Crippen LogP contribution in [-0.2, 0) is 11.2 Å². The van der Waals surface area contributed by atoms with E-state index in [0.29, 0.717) is 0 Å². The first-order valence-electron chi connectivity index (χ1n) is 7.00. The van der Waals surface area contributed by atoms with E-state index in [-0.39, 0.29) is 6.42 Å². The number of amides is 1. The molecular formula is C15H22N2O5. The quantitative estimate of drug-likeness (QED) is 0.616. The van der Waals surface area contributed by atoms with Crippen LogP contribution in [0.15, 0.2) is 30.3 Å². The number of carbonyl (C=O) groups is 1. The summed E-state index contributed by atoms with van der Waals surface area (Å²) in [6.45, 7) is 4.50. The van der Waals surface area contributed by atoms with Gasteiger partial charge in [-0.2, -0.15) is 0 Å². The van der Waals surface area contributed by atoms with Crippen LogP contribution in [0.3, 0.4) is 0 Å². The number of ether oxygens (including phenoxy) is 1. The van der Waals surface area contributed by atoms with Crippen LogP contribution >= 0.6 is 0 Å². The molecule has 2 N–H and O–H groups in total. The van der Waals surface area contributed by atoms with E-state index >= 15 is 0 Å². The molecule has 1 rings (SSSR count). The average Bonchev–Trinajstić information content (AvgIpc) is 2.36. The zero-order valence-corrected chi connectivity index (χ0v) is 13.0. The molecule has 0 aromatic heterocycles. The summed E-state index contributed by atoms with van der Waals surface area (Å²) in [7, 11) is 0. The lowest BCUT2D eigenvalue weighted by atomic mass is 10.0. The smallest absolute Gasteiger partial charge is 0.407 e. The van der Waals surface area contributed by atoms with Crippen molar-refractivity contribution in [1.29, 1.82) is 0 Å². The minimum atomic E-state index is -1.30. The van der Waals surface area contributed by atoms with Gasteiger partial charge in [0.2, 0.25) is 6.54 Å². The van der Waals surface area contributed by atoms with Gasteiger partial charge in [0.15, 0.2) is 0 Å². The third-order valence-corrected chi connectivity index (χ3v) is 2.80. The summed E-state index contributed by atoms with van der Waals surface area (Å²) in [4.78, 5) is 21.8. The molecule has 0 saturated carbocycles. The number of alkyl carbamates (subject to hydrolysis) is 1. The second-order valence-corrected chi connectivity index (χ2v) is 6.03. The fourth-order valence-electron chi connectivity index (χ4n) is 1.89. The molecule has 0 heterocycles. The molecule has 0 fully saturated rings. The Morgan fingerprint density at radius 2 is 1.95 bits per heavy atom. The van der Waals surface area contributed by atoms with Crippen molar-refractivity contribution in [2.75, 3.05) is 6.54 Å². The number of rotatable bonds is 6. The van der Waals surface area contributed by atoms with Crippen molar-refractivity contribution in [3.8, 4) is 0 Å². The lowest BCUT2D eigenvalue weighted by Crippen LogP contribution is -2.49. The molecule has 0 aliphatic carbocycles. The molecule has 1 unspecified atom stereocenters. The third-order valence-electron chi connectivity index (χ3n) is 2.80. The van der Waals surface area contributed by atoms with Crippen LogP contribution in [0.4, 0.5) is 4.79 Å². The molecule has 0 spiro atoms. The summed E-state index contributed by atoms with van der Waals surface area (Å²) in [5, 5.41) is 23.1. The first kappa shape index (κ1) is 17.9. The van der Waals surface area contributed by atoms with Gasteiger partial charge in [0, 0.05) is 4.92 Å². The summed E-state index contributed by atoms with van der Waals surface area (Å²) in [5.41, 5.74) is 0.168. The van der Waals surface area contributed by atoms with E-state index in [9.17, 15) is 20.0 Å². The Labute approximate surface area is 129 Å². The van der Waals surface area contributed by atoms with Crippen molar-refractivity contribution in [3.05, 3.63) is 46.0 Å². The Hall–Kier alpha value is -2.15. The highest BCUT2D eigenvalue weighted by molar-refractivity contribution is 5.68. The van der Waals surface area contributed by atoms with Crippen LogP contribution in [0.5, 0.6) is 0 Å². The van der Waals surface area contributed by atoms with E-state index in [4.69, 9.17) is 4.74 Å². The number of aliphatic hydroxyl groups is 1. The van der Waals surface area contributed by atoms with E-state index in [0.717, 1.165) is 5.56 Å². The largest absolute Gasteiger partial charge is 0.444 e. The second-order valence-electron chi connectivity index (χ2n) is 6.03. The van der Waals surface area contributed by atoms with Gasteiger partial charge in [0.1, 0.15) is 11.7 Å². The van der Waals surface area contributed by atoms with Gasteiger partial charge in [-0.05, 0) is 32.8 Å². The molecule has 0 bridgehead atoms. The molecule has 1 aromatic carbocycles. The number of carbonyl (C=O) groups excluding carboxylic acids is 1. The molecule has 0 radical (unpaired) electrons. The van der Waals surface area contributed by atoms with Gasteiger partial charge in [-0.3, -0.25) is 10.1 Å². The zero-order chi connectivity index (χ0) is 16.8.